The molecule has 1 saturated heterocycles. The lowest BCUT2D eigenvalue weighted by Gasteiger charge is -2.41. The Hall–Kier alpha value is -0.710. The standard InChI is InChI=1S/C15H24N2OS/c1-11-10-19-9-8-17(11)15(12(2)16)13-4-6-14(18-3)7-5-13/h4-7,11-12,15H,8-10,16H2,1-3H3. The van der Waals surface area contributed by atoms with E-state index in [1.54, 1.807) is 7.11 Å². The molecule has 19 heavy (non-hydrogen) atoms. The normalized spacial score (nSPS) is 23.9. The van der Waals surface area contributed by atoms with Gasteiger partial charge in [-0.3, -0.25) is 4.90 Å². The van der Waals surface area contributed by atoms with E-state index in [4.69, 9.17) is 10.5 Å². The van der Waals surface area contributed by atoms with Crippen LogP contribution in [-0.4, -0.2) is 42.1 Å². The molecule has 0 saturated carbocycles. The van der Waals surface area contributed by atoms with Crippen molar-refractivity contribution < 1.29 is 4.74 Å². The summed E-state index contributed by atoms with van der Waals surface area (Å²) >= 11 is 2.03. The summed E-state index contributed by atoms with van der Waals surface area (Å²) in [4.78, 5) is 2.54. The first-order valence-corrected chi connectivity index (χ1v) is 8.02. The second-order valence-corrected chi connectivity index (χ2v) is 6.39. The van der Waals surface area contributed by atoms with Gasteiger partial charge in [-0.05, 0) is 31.5 Å². The van der Waals surface area contributed by atoms with Gasteiger partial charge in [-0.1, -0.05) is 12.1 Å². The number of hydrogen-bond acceptors (Lipinski definition) is 4. The second kappa shape index (κ2) is 6.64. The fourth-order valence-electron chi connectivity index (χ4n) is 2.75. The largest absolute Gasteiger partial charge is 0.497 e. The summed E-state index contributed by atoms with van der Waals surface area (Å²) in [6.45, 7) is 5.51. The van der Waals surface area contributed by atoms with E-state index in [9.17, 15) is 0 Å². The Morgan fingerprint density at radius 2 is 2.05 bits per heavy atom. The van der Waals surface area contributed by atoms with E-state index in [1.165, 1.54) is 17.1 Å². The number of thioether (sulfide) groups is 1. The molecule has 0 radical (unpaired) electrons. The lowest BCUT2D eigenvalue weighted by Crippen LogP contribution is -2.48. The van der Waals surface area contributed by atoms with Gasteiger partial charge in [0.05, 0.1) is 7.11 Å². The lowest BCUT2D eigenvalue weighted by molar-refractivity contribution is 0.143. The molecule has 3 nitrogen and oxygen atoms in total. The highest BCUT2D eigenvalue weighted by Crippen LogP contribution is 2.30. The molecule has 1 aromatic carbocycles. The summed E-state index contributed by atoms with van der Waals surface area (Å²) in [5.41, 5.74) is 7.54. The number of nitrogens with two attached hydrogens (primary N) is 1. The molecule has 0 aliphatic carbocycles. The maximum atomic E-state index is 6.25. The highest BCUT2D eigenvalue weighted by atomic mass is 32.2. The number of ether oxygens (including phenoxy) is 1. The van der Waals surface area contributed by atoms with E-state index < -0.39 is 0 Å². The lowest BCUT2D eigenvalue weighted by atomic mass is 9.97. The highest BCUT2D eigenvalue weighted by Gasteiger charge is 2.29. The molecule has 1 heterocycles. The van der Waals surface area contributed by atoms with Gasteiger partial charge in [0.1, 0.15) is 5.75 Å². The van der Waals surface area contributed by atoms with E-state index in [0.717, 1.165) is 12.3 Å². The van der Waals surface area contributed by atoms with Crippen LogP contribution in [-0.2, 0) is 0 Å². The molecule has 2 N–H and O–H groups in total. The summed E-state index contributed by atoms with van der Waals surface area (Å²) in [5.74, 6) is 3.29. The van der Waals surface area contributed by atoms with Crippen molar-refractivity contribution in [3.8, 4) is 5.75 Å². The predicted octanol–water partition coefficient (Wildman–Crippen LogP) is 2.52. The summed E-state index contributed by atoms with van der Waals surface area (Å²) in [6.07, 6.45) is 0. The fraction of sp³-hybridized carbons (Fsp3) is 0.600. The summed E-state index contributed by atoms with van der Waals surface area (Å²) < 4.78 is 5.23. The molecule has 0 bridgehead atoms. The Labute approximate surface area is 120 Å². The molecule has 0 aromatic heterocycles. The molecular weight excluding hydrogens is 256 g/mol. The van der Waals surface area contributed by atoms with Gasteiger partial charge in [-0.25, -0.2) is 0 Å². The minimum absolute atomic E-state index is 0.124. The highest BCUT2D eigenvalue weighted by molar-refractivity contribution is 7.99. The molecular formula is C15H24N2OS. The van der Waals surface area contributed by atoms with Gasteiger partial charge in [0, 0.05) is 36.2 Å². The van der Waals surface area contributed by atoms with Gasteiger partial charge >= 0.3 is 0 Å². The Morgan fingerprint density at radius 1 is 1.37 bits per heavy atom. The van der Waals surface area contributed by atoms with Gasteiger partial charge in [-0.15, -0.1) is 0 Å². The molecule has 3 unspecified atom stereocenters. The van der Waals surface area contributed by atoms with Crippen LogP contribution in [0.1, 0.15) is 25.5 Å². The number of methoxy groups -OCH3 is 1. The zero-order chi connectivity index (χ0) is 13.8. The van der Waals surface area contributed by atoms with Gasteiger partial charge in [0.2, 0.25) is 0 Å². The van der Waals surface area contributed by atoms with E-state index in [-0.39, 0.29) is 6.04 Å². The quantitative estimate of drug-likeness (QED) is 0.920. The van der Waals surface area contributed by atoms with Crippen LogP contribution in [0.3, 0.4) is 0 Å². The van der Waals surface area contributed by atoms with Crippen molar-refractivity contribution in [1.82, 2.24) is 4.90 Å². The fourth-order valence-corrected chi connectivity index (χ4v) is 3.79. The van der Waals surface area contributed by atoms with Crippen molar-refractivity contribution in [2.75, 3.05) is 25.2 Å². The molecule has 1 aromatic rings. The van der Waals surface area contributed by atoms with Gasteiger partial charge in [-0.2, -0.15) is 11.8 Å². The molecule has 2 rings (SSSR count). The molecule has 4 heteroatoms. The molecule has 1 fully saturated rings. The Bertz CT molecular complexity index is 394. The Kier molecular flexibility index (Phi) is 5.13. The molecule has 0 amide bonds. The van der Waals surface area contributed by atoms with Crippen LogP contribution >= 0.6 is 11.8 Å². The number of benzene rings is 1. The van der Waals surface area contributed by atoms with Crippen molar-refractivity contribution in [3.63, 3.8) is 0 Å². The van der Waals surface area contributed by atoms with E-state index in [2.05, 4.69) is 30.9 Å². The predicted molar refractivity (Wildman–Crippen MR) is 82.9 cm³/mol. The average molecular weight is 280 g/mol. The van der Waals surface area contributed by atoms with Crippen LogP contribution in [0.25, 0.3) is 0 Å². The van der Waals surface area contributed by atoms with Crippen LogP contribution < -0.4 is 10.5 Å². The molecule has 0 spiro atoms. The van der Waals surface area contributed by atoms with Crippen LogP contribution in [0.4, 0.5) is 0 Å². The summed E-state index contributed by atoms with van der Waals surface area (Å²) in [7, 11) is 1.70. The molecule has 1 aliphatic rings. The Balaban J connectivity index is 2.23. The van der Waals surface area contributed by atoms with Crippen LogP contribution in [0.15, 0.2) is 24.3 Å². The third-order valence-corrected chi connectivity index (χ3v) is 4.92. The first kappa shape index (κ1) is 14.7. The zero-order valence-corrected chi connectivity index (χ0v) is 12.8. The third-order valence-electron chi connectivity index (χ3n) is 3.73. The van der Waals surface area contributed by atoms with Gasteiger partial charge < -0.3 is 10.5 Å². The molecule has 1 aliphatic heterocycles. The van der Waals surface area contributed by atoms with Crippen LogP contribution in [0.2, 0.25) is 0 Å². The molecule has 106 valence electrons. The van der Waals surface area contributed by atoms with Crippen molar-refractivity contribution in [1.29, 1.82) is 0 Å². The smallest absolute Gasteiger partial charge is 0.118 e. The monoisotopic (exact) mass is 280 g/mol. The first-order valence-electron chi connectivity index (χ1n) is 6.86. The SMILES string of the molecule is COc1ccc(C(C(C)N)N2CCSCC2C)cc1. The van der Waals surface area contributed by atoms with Crippen molar-refractivity contribution >= 4 is 11.8 Å². The van der Waals surface area contributed by atoms with E-state index >= 15 is 0 Å². The minimum Gasteiger partial charge on any atom is -0.497 e. The second-order valence-electron chi connectivity index (χ2n) is 5.24. The number of nitrogens with zero attached hydrogens (tertiary/aromatic N) is 1. The van der Waals surface area contributed by atoms with Crippen LogP contribution in [0, 0.1) is 0 Å². The third kappa shape index (κ3) is 3.44. The van der Waals surface area contributed by atoms with Crippen molar-refractivity contribution in [3.05, 3.63) is 29.8 Å². The molecule has 3 atom stereocenters. The van der Waals surface area contributed by atoms with Gasteiger partial charge in [0.15, 0.2) is 0 Å². The van der Waals surface area contributed by atoms with E-state index in [0.29, 0.717) is 12.1 Å². The topological polar surface area (TPSA) is 38.5 Å². The van der Waals surface area contributed by atoms with Crippen molar-refractivity contribution in [2.24, 2.45) is 5.73 Å². The van der Waals surface area contributed by atoms with Gasteiger partial charge in [0.25, 0.3) is 0 Å². The Morgan fingerprint density at radius 3 is 2.58 bits per heavy atom. The number of hydrogen-bond donors (Lipinski definition) is 1. The maximum Gasteiger partial charge on any atom is 0.118 e. The number of rotatable bonds is 4. The average Bonchev–Trinajstić information content (AvgIpc) is 2.42. The minimum atomic E-state index is 0.124. The van der Waals surface area contributed by atoms with E-state index in [1.807, 2.05) is 23.9 Å². The first-order chi connectivity index (χ1) is 9.13. The van der Waals surface area contributed by atoms with Crippen molar-refractivity contribution in [2.45, 2.75) is 32.0 Å². The summed E-state index contributed by atoms with van der Waals surface area (Å²) in [6, 6.07) is 9.32. The summed E-state index contributed by atoms with van der Waals surface area (Å²) in [5, 5.41) is 0. The zero-order valence-electron chi connectivity index (χ0n) is 12.0. The van der Waals surface area contributed by atoms with Crippen LogP contribution in [0.5, 0.6) is 5.75 Å². The maximum absolute atomic E-state index is 6.25.